The maximum atomic E-state index is 13.1. The van der Waals surface area contributed by atoms with E-state index in [1.54, 1.807) is 18.3 Å². The number of piperazine rings is 1. The number of benzene rings is 1. The van der Waals surface area contributed by atoms with E-state index in [1.165, 1.54) is 18.2 Å². The Labute approximate surface area is 146 Å². The van der Waals surface area contributed by atoms with Crippen LogP contribution >= 0.6 is 0 Å². The van der Waals surface area contributed by atoms with Crippen LogP contribution in [0.3, 0.4) is 0 Å². The maximum absolute atomic E-state index is 13.1. The molecule has 0 bridgehead atoms. The van der Waals surface area contributed by atoms with Crippen LogP contribution in [0.15, 0.2) is 42.6 Å². The quantitative estimate of drug-likeness (QED) is 0.899. The molecule has 25 heavy (non-hydrogen) atoms. The second kappa shape index (κ2) is 7.94. The molecule has 2 aromatic rings. The molecule has 1 amide bonds. The van der Waals surface area contributed by atoms with Gasteiger partial charge in [-0.15, -0.1) is 0 Å². The first-order valence-corrected chi connectivity index (χ1v) is 8.18. The molecule has 1 aliphatic rings. The van der Waals surface area contributed by atoms with Crippen molar-refractivity contribution in [3.8, 4) is 5.75 Å². The minimum absolute atomic E-state index is 0.203. The van der Waals surface area contributed by atoms with Crippen LogP contribution in [0, 0.1) is 5.82 Å². The van der Waals surface area contributed by atoms with Crippen LogP contribution < -0.4 is 15.0 Å². The van der Waals surface area contributed by atoms with Gasteiger partial charge in [-0.05, 0) is 31.3 Å². The number of hydrogen-bond acceptors (Lipinski definition) is 5. The average Bonchev–Trinajstić information content (AvgIpc) is 2.62. The molecule has 6 nitrogen and oxygen atoms in total. The molecule has 0 radical (unpaired) electrons. The first-order valence-electron chi connectivity index (χ1n) is 8.18. The molecule has 0 atom stereocenters. The Balaban J connectivity index is 1.50. The molecule has 1 aromatic heterocycles. The average molecular weight is 344 g/mol. The smallest absolute Gasteiger partial charge is 0.263 e. The third-order valence-corrected chi connectivity index (χ3v) is 4.05. The highest BCUT2D eigenvalue weighted by molar-refractivity contribution is 5.91. The van der Waals surface area contributed by atoms with Gasteiger partial charge in [-0.3, -0.25) is 4.79 Å². The van der Waals surface area contributed by atoms with E-state index in [4.69, 9.17) is 4.74 Å². The van der Waals surface area contributed by atoms with Gasteiger partial charge in [0.05, 0.1) is 11.9 Å². The number of hydrogen-bond donors (Lipinski definition) is 1. The number of halogens is 1. The molecule has 1 aliphatic heterocycles. The van der Waals surface area contributed by atoms with Gasteiger partial charge < -0.3 is 19.9 Å². The van der Waals surface area contributed by atoms with Crippen molar-refractivity contribution in [2.45, 2.75) is 0 Å². The topological polar surface area (TPSA) is 57.7 Å². The van der Waals surface area contributed by atoms with E-state index >= 15 is 0 Å². The summed E-state index contributed by atoms with van der Waals surface area (Å²) in [4.78, 5) is 20.7. The Kier molecular flexibility index (Phi) is 5.45. The van der Waals surface area contributed by atoms with Crippen LogP contribution in [-0.2, 0) is 4.79 Å². The number of carbonyl (C=O) groups is 1. The van der Waals surface area contributed by atoms with Crippen LogP contribution in [0.4, 0.5) is 15.9 Å². The predicted octanol–water partition coefficient (Wildman–Crippen LogP) is 1.99. The molecule has 2 heterocycles. The number of likely N-dealkylation sites (N-methyl/N-ethyl adjacent to an activating group) is 1. The fraction of sp³-hybridized carbons (Fsp3) is 0.333. The number of amides is 1. The molecule has 1 fully saturated rings. The number of ether oxygens (including phenoxy) is 1. The zero-order valence-corrected chi connectivity index (χ0v) is 14.1. The van der Waals surface area contributed by atoms with Gasteiger partial charge in [0.25, 0.3) is 5.91 Å². The summed E-state index contributed by atoms with van der Waals surface area (Å²) in [6.07, 6.45) is 1.76. The van der Waals surface area contributed by atoms with E-state index < -0.39 is 5.82 Å². The molecular formula is C18H21FN4O2. The Bertz CT molecular complexity index is 715. The van der Waals surface area contributed by atoms with Crippen molar-refractivity contribution < 1.29 is 13.9 Å². The largest absolute Gasteiger partial charge is 0.484 e. The van der Waals surface area contributed by atoms with Crippen molar-refractivity contribution in [2.24, 2.45) is 0 Å². The number of aromatic nitrogens is 1. The van der Waals surface area contributed by atoms with Gasteiger partial charge in [0.2, 0.25) is 0 Å². The van der Waals surface area contributed by atoms with Crippen molar-refractivity contribution in [1.29, 1.82) is 0 Å². The van der Waals surface area contributed by atoms with E-state index in [0.717, 1.165) is 31.9 Å². The number of carbonyl (C=O) groups excluding carboxylic acids is 1. The van der Waals surface area contributed by atoms with E-state index in [1.807, 2.05) is 6.07 Å². The van der Waals surface area contributed by atoms with Gasteiger partial charge in [0.15, 0.2) is 6.61 Å². The zero-order chi connectivity index (χ0) is 17.6. The molecule has 0 saturated carbocycles. The van der Waals surface area contributed by atoms with E-state index in [2.05, 4.69) is 27.1 Å². The minimum atomic E-state index is -0.404. The standard InChI is InChI=1S/C18H21FN4O2/c1-22-7-9-23(10-8-22)15-5-6-17(20-12-15)21-18(24)13-25-16-4-2-3-14(19)11-16/h2-6,11-12H,7-10,13H2,1H3,(H,20,21,24). The van der Waals surface area contributed by atoms with Gasteiger partial charge in [0.1, 0.15) is 17.4 Å². The second-order valence-corrected chi connectivity index (χ2v) is 5.99. The summed E-state index contributed by atoms with van der Waals surface area (Å²) in [6, 6.07) is 9.39. The lowest BCUT2D eigenvalue weighted by Crippen LogP contribution is -2.44. The molecule has 7 heteroatoms. The van der Waals surface area contributed by atoms with Crippen molar-refractivity contribution in [2.75, 3.05) is 50.1 Å². The van der Waals surface area contributed by atoms with Crippen molar-refractivity contribution >= 4 is 17.4 Å². The van der Waals surface area contributed by atoms with Gasteiger partial charge in [0, 0.05) is 32.2 Å². The third-order valence-electron chi connectivity index (χ3n) is 4.05. The molecule has 1 aromatic carbocycles. The summed E-state index contributed by atoms with van der Waals surface area (Å²) in [5.74, 6) is 0.0300. The number of anilines is 2. The predicted molar refractivity (Wildman–Crippen MR) is 94.5 cm³/mol. The highest BCUT2D eigenvalue weighted by atomic mass is 19.1. The van der Waals surface area contributed by atoms with Crippen LogP contribution in [0.5, 0.6) is 5.75 Å². The number of rotatable bonds is 5. The molecule has 0 spiro atoms. The van der Waals surface area contributed by atoms with Crippen molar-refractivity contribution in [3.05, 3.63) is 48.4 Å². The fourth-order valence-electron chi connectivity index (χ4n) is 2.60. The van der Waals surface area contributed by atoms with Crippen LogP contribution in [0.25, 0.3) is 0 Å². The van der Waals surface area contributed by atoms with E-state index in [-0.39, 0.29) is 12.5 Å². The molecular weight excluding hydrogens is 323 g/mol. The summed E-state index contributed by atoms with van der Waals surface area (Å²) in [6.45, 7) is 3.77. The summed E-state index contributed by atoms with van der Waals surface area (Å²) in [5.41, 5.74) is 1.04. The fourth-order valence-corrected chi connectivity index (χ4v) is 2.60. The molecule has 0 aliphatic carbocycles. The lowest BCUT2D eigenvalue weighted by molar-refractivity contribution is -0.118. The summed E-state index contributed by atoms with van der Waals surface area (Å²) in [5, 5.41) is 2.67. The Morgan fingerprint density at radius 3 is 2.72 bits per heavy atom. The van der Waals surface area contributed by atoms with Gasteiger partial charge in [-0.1, -0.05) is 6.07 Å². The Hall–Kier alpha value is -2.67. The third kappa shape index (κ3) is 4.90. The first kappa shape index (κ1) is 17.2. The highest BCUT2D eigenvalue weighted by Crippen LogP contribution is 2.17. The van der Waals surface area contributed by atoms with E-state index in [9.17, 15) is 9.18 Å². The normalized spacial score (nSPS) is 15.0. The molecule has 0 unspecified atom stereocenters. The van der Waals surface area contributed by atoms with Crippen molar-refractivity contribution in [1.82, 2.24) is 9.88 Å². The zero-order valence-electron chi connectivity index (χ0n) is 14.1. The molecule has 132 valence electrons. The number of nitrogens with zero attached hydrogens (tertiary/aromatic N) is 3. The number of nitrogens with one attached hydrogen (secondary N) is 1. The van der Waals surface area contributed by atoms with Gasteiger partial charge in [-0.25, -0.2) is 9.37 Å². The molecule has 1 N–H and O–H groups in total. The lowest BCUT2D eigenvalue weighted by atomic mass is 10.3. The van der Waals surface area contributed by atoms with Gasteiger partial charge >= 0.3 is 0 Å². The van der Waals surface area contributed by atoms with E-state index in [0.29, 0.717) is 11.6 Å². The molecule has 1 saturated heterocycles. The van der Waals surface area contributed by atoms with Crippen LogP contribution in [0.1, 0.15) is 0 Å². The molecule has 3 rings (SSSR count). The Morgan fingerprint density at radius 1 is 1.24 bits per heavy atom. The number of pyridine rings is 1. The van der Waals surface area contributed by atoms with Gasteiger partial charge in [-0.2, -0.15) is 0 Å². The summed E-state index contributed by atoms with van der Waals surface area (Å²) in [7, 11) is 2.11. The highest BCUT2D eigenvalue weighted by Gasteiger charge is 2.14. The maximum Gasteiger partial charge on any atom is 0.263 e. The summed E-state index contributed by atoms with van der Waals surface area (Å²) < 4.78 is 18.3. The monoisotopic (exact) mass is 344 g/mol. The first-order chi connectivity index (χ1) is 12.1. The minimum Gasteiger partial charge on any atom is -0.484 e. The summed E-state index contributed by atoms with van der Waals surface area (Å²) >= 11 is 0. The SMILES string of the molecule is CN1CCN(c2ccc(NC(=O)COc3cccc(F)c3)nc2)CC1. The lowest BCUT2D eigenvalue weighted by Gasteiger charge is -2.33. The Morgan fingerprint density at radius 2 is 2.04 bits per heavy atom. The second-order valence-electron chi connectivity index (χ2n) is 5.99. The van der Waals surface area contributed by atoms with Crippen LogP contribution in [-0.4, -0.2) is 55.6 Å². The van der Waals surface area contributed by atoms with Crippen molar-refractivity contribution in [3.63, 3.8) is 0 Å². The van der Waals surface area contributed by atoms with Crippen LogP contribution in [0.2, 0.25) is 0 Å².